The van der Waals surface area contributed by atoms with Crippen LogP contribution >= 0.6 is 11.3 Å². The fourth-order valence-electron chi connectivity index (χ4n) is 3.84. The summed E-state index contributed by atoms with van der Waals surface area (Å²) in [5, 5.41) is 5.38. The van der Waals surface area contributed by atoms with Gasteiger partial charge < -0.3 is 15.0 Å². The molecule has 6 heteroatoms. The van der Waals surface area contributed by atoms with Crippen molar-refractivity contribution in [3.63, 3.8) is 0 Å². The number of benzene rings is 1. The summed E-state index contributed by atoms with van der Waals surface area (Å²) in [7, 11) is 1.72. The molecule has 2 unspecified atom stereocenters. The fraction of sp³-hybridized carbons (Fsp3) is 0.522. The van der Waals surface area contributed by atoms with E-state index < -0.39 is 5.41 Å². The molecule has 0 spiro atoms. The molecular weight excluding hydrogens is 382 g/mol. The molecule has 1 N–H and O–H groups in total. The largest absolute Gasteiger partial charge is 0.495 e. The maximum atomic E-state index is 12.6. The number of carbonyl (C=O) groups is 1. The second kappa shape index (κ2) is 9.18. The van der Waals surface area contributed by atoms with Gasteiger partial charge in [0.25, 0.3) is 0 Å². The molecule has 0 radical (unpaired) electrons. The molecule has 2 heterocycles. The van der Waals surface area contributed by atoms with Gasteiger partial charge >= 0.3 is 0 Å². The molecule has 1 aromatic heterocycles. The lowest BCUT2D eigenvalue weighted by molar-refractivity contribution is -0.129. The van der Waals surface area contributed by atoms with E-state index in [2.05, 4.69) is 51.7 Å². The number of carbonyl (C=O) groups excluding carboxylic acids is 1. The highest BCUT2D eigenvalue weighted by molar-refractivity contribution is 7.10. The Kier molecular flexibility index (Phi) is 6.85. The van der Waals surface area contributed by atoms with Crippen molar-refractivity contribution < 1.29 is 9.53 Å². The molecule has 1 saturated heterocycles. The number of thiophene rings is 1. The van der Waals surface area contributed by atoms with Crippen LogP contribution in [0.2, 0.25) is 0 Å². The van der Waals surface area contributed by atoms with Gasteiger partial charge in [0.1, 0.15) is 5.75 Å². The topological polar surface area (TPSA) is 44.8 Å². The average Bonchev–Trinajstić information content (AvgIpc) is 3.22. The van der Waals surface area contributed by atoms with Gasteiger partial charge in [-0.15, -0.1) is 11.3 Å². The number of amides is 1. The number of nitrogens with one attached hydrogen (secondary N) is 1. The van der Waals surface area contributed by atoms with E-state index in [1.54, 1.807) is 18.4 Å². The number of hydrogen-bond acceptors (Lipinski definition) is 5. The van der Waals surface area contributed by atoms with E-state index in [1.165, 1.54) is 4.88 Å². The number of ether oxygens (including phenoxy) is 1. The number of rotatable bonds is 6. The van der Waals surface area contributed by atoms with E-state index >= 15 is 0 Å². The van der Waals surface area contributed by atoms with Crippen LogP contribution in [-0.2, 0) is 4.79 Å². The third-order valence-electron chi connectivity index (χ3n) is 5.48. The van der Waals surface area contributed by atoms with Crippen LogP contribution in [0.25, 0.3) is 0 Å². The Hall–Kier alpha value is -2.05. The maximum Gasteiger partial charge on any atom is 0.225 e. The van der Waals surface area contributed by atoms with Crippen LogP contribution in [0.5, 0.6) is 5.75 Å². The van der Waals surface area contributed by atoms with Crippen LogP contribution in [0.4, 0.5) is 5.69 Å². The zero-order chi connectivity index (χ0) is 21.0. The Bertz CT molecular complexity index is 793. The van der Waals surface area contributed by atoms with Crippen molar-refractivity contribution in [2.24, 2.45) is 5.41 Å². The molecule has 0 aliphatic carbocycles. The van der Waals surface area contributed by atoms with Gasteiger partial charge in [-0.3, -0.25) is 9.69 Å². The monoisotopic (exact) mass is 415 g/mol. The first-order chi connectivity index (χ1) is 13.8. The standard InChI is InChI=1S/C23H33N3O2S/c1-17(24-22(27)23(2,3)4)21(20-11-8-16-29-20)26-14-12-25(13-15-26)18-9-6-7-10-19(18)28-5/h6-11,16-17,21H,12-15H2,1-5H3,(H,24,27). The fourth-order valence-corrected chi connectivity index (χ4v) is 4.80. The van der Waals surface area contributed by atoms with Crippen molar-refractivity contribution in [2.75, 3.05) is 38.2 Å². The van der Waals surface area contributed by atoms with Crippen LogP contribution in [-0.4, -0.2) is 50.1 Å². The van der Waals surface area contributed by atoms with Gasteiger partial charge in [-0.05, 0) is 30.5 Å². The minimum Gasteiger partial charge on any atom is -0.495 e. The average molecular weight is 416 g/mol. The zero-order valence-electron chi connectivity index (χ0n) is 18.1. The molecule has 1 amide bonds. The summed E-state index contributed by atoms with van der Waals surface area (Å²) in [5.41, 5.74) is 0.757. The van der Waals surface area contributed by atoms with E-state index in [0.29, 0.717) is 0 Å². The molecular formula is C23H33N3O2S. The van der Waals surface area contributed by atoms with Crippen LogP contribution in [0.3, 0.4) is 0 Å². The Morgan fingerprint density at radius 3 is 2.38 bits per heavy atom. The Labute approximate surface area is 178 Å². The van der Waals surface area contributed by atoms with Crippen LogP contribution in [0.1, 0.15) is 38.6 Å². The second-order valence-electron chi connectivity index (χ2n) is 8.67. The van der Waals surface area contributed by atoms with Gasteiger partial charge in [-0.2, -0.15) is 0 Å². The van der Waals surface area contributed by atoms with Crippen molar-refractivity contribution >= 4 is 22.9 Å². The number of methoxy groups -OCH3 is 1. The third kappa shape index (κ3) is 5.11. The van der Waals surface area contributed by atoms with Gasteiger partial charge in [0, 0.05) is 42.5 Å². The predicted octanol–water partition coefficient (Wildman–Crippen LogP) is 4.17. The van der Waals surface area contributed by atoms with Crippen molar-refractivity contribution in [2.45, 2.75) is 39.8 Å². The highest BCUT2D eigenvalue weighted by Crippen LogP contribution is 2.33. The summed E-state index contributed by atoms with van der Waals surface area (Å²) in [4.78, 5) is 18.8. The van der Waals surface area contributed by atoms with E-state index in [0.717, 1.165) is 37.6 Å². The lowest BCUT2D eigenvalue weighted by atomic mass is 9.94. The molecule has 0 saturated carbocycles. The number of anilines is 1. The zero-order valence-corrected chi connectivity index (χ0v) is 19.0. The van der Waals surface area contributed by atoms with Gasteiger partial charge in [0.2, 0.25) is 5.91 Å². The Balaban J connectivity index is 1.73. The first kappa shape index (κ1) is 21.7. The van der Waals surface area contributed by atoms with Crippen molar-refractivity contribution in [3.8, 4) is 5.75 Å². The molecule has 29 heavy (non-hydrogen) atoms. The molecule has 3 rings (SSSR count). The van der Waals surface area contributed by atoms with Crippen molar-refractivity contribution in [1.29, 1.82) is 0 Å². The van der Waals surface area contributed by atoms with Crippen molar-refractivity contribution in [1.82, 2.24) is 10.2 Å². The van der Waals surface area contributed by atoms with Crippen molar-refractivity contribution in [3.05, 3.63) is 46.7 Å². The van der Waals surface area contributed by atoms with E-state index in [-0.39, 0.29) is 18.0 Å². The minimum absolute atomic E-state index is 0.0400. The van der Waals surface area contributed by atoms with Gasteiger partial charge in [0.05, 0.1) is 18.8 Å². The van der Waals surface area contributed by atoms with Gasteiger partial charge in [-0.25, -0.2) is 0 Å². The second-order valence-corrected chi connectivity index (χ2v) is 9.65. The van der Waals surface area contributed by atoms with E-state index in [4.69, 9.17) is 4.74 Å². The summed E-state index contributed by atoms with van der Waals surface area (Å²) in [6.07, 6.45) is 0. The molecule has 5 nitrogen and oxygen atoms in total. The molecule has 158 valence electrons. The van der Waals surface area contributed by atoms with Crippen LogP contribution in [0, 0.1) is 5.41 Å². The first-order valence-corrected chi connectivity index (χ1v) is 11.2. The van der Waals surface area contributed by atoms with Gasteiger partial charge in [0.15, 0.2) is 0 Å². The maximum absolute atomic E-state index is 12.6. The molecule has 1 fully saturated rings. The minimum atomic E-state index is -0.392. The SMILES string of the molecule is COc1ccccc1N1CCN(C(c2cccs2)C(C)NC(=O)C(C)(C)C)CC1. The quantitative estimate of drug-likeness (QED) is 0.769. The normalized spacial score (nSPS) is 17.6. The third-order valence-corrected chi connectivity index (χ3v) is 6.42. The van der Waals surface area contributed by atoms with Crippen LogP contribution < -0.4 is 15.0 Å². The molecule has 1 aliphatic heterocycles. The first-order valence-electron chi connectivity index (χ1n) is 10.3. The summed E-state index contributed by atoms with van der Waals surface area (Å²) in [6, 6.07) is 12.7. The lowest BCUT2D eigenvalue weighted by Gasteiger charge is -2.42. The predicted molar refractivity (Wildman–Crippen MR) is 121 cm³/mol. The highest BCUT2D eigenvalue weighted by Gasteiger charge is 2.33. The van der Waals surface area contributed by atoms with E-state index in [9.17, 15) is 4.79 Å². The smallest absolute Gasteiger partial charge is 0.225 e. The molecule has 1 aliphatic rings. The summed E-state index contributed by atoms with van der Waals surface area (Å²) < 4.78 is 5.54. The molecule has 1 aromatic carbocycles. The number of piperazine rings is 1. The highest BCUT2D eigenvalue weighted by atomic mass is 32.1. The van der Waals surface area contributed by atoms with E-state index in [1.807, 2.05) is 32.9 Å². The molecule has 2 atom stereocenters. The molecule has 2 aromatic rings. The number of nitrogens with zero attached hydrogens (tertiary/aromatic N) is 2. The summed E-state index contributed by atoms with van der Waals surface area (Å²) in [6.45, 7) is 11.8. The molecule has 0 bridgehead atoms. The number of hydrogen-bond donors (Lipinski definition) is 1. The lowest BCUT2D eigenvalue weighted by Crippen LogP contribution is -2.53. The van der Waals surface area contributed by atoms with Gasteiger partial charge in [-0.1, -0.05) is 39.0 Å². The Morgan fingerprint density at radius 2 is 1.79 bits per heavy atom. The summed E-state index contributed by atoms with van der Waals surface area (Å²) in [5.74, 6) is 1.01. The summed E-state index contributed by atoms with van der Waals surface area (Å²) >= 11 is 1.76. The van der Waals surface area contributed by atoms with Crippen LogP contribution in [0.15, 0.2) is 41.8 Å². The Morgan fingerprint density at radius 1 is 1.10 bits per heavy atom. The number of para-hydroxylation sites is 2.